The van der Waals surface area contributed by atoms with Crippen LogP contribution in [0.25, 0.3) is 0 Å². The molecule has 3 N–H and O–H groups in total. The van der Waals surface area contributed by atoms with Gasteiger partial charge in [-0.3, -0.25) is 0 Å². The highest BCUT2D eigenvalue weighted by atomic mass is 35.5. The molecule has 0 saturated heterocycles. The molecular weight excluding hydrogens is 306 g/mol. The van der Waals surface area contributed by atoms with Crippen LogP contribution in [-0.2, 0) is 16.6 Å². The fourth-order valence-corrected chi connectivity index (χ4v) is 3.80. The van der Waals surface area contributed by atoms with Crippen LogP contribution in [-0.4, -0.2) is 13.4 Å². The molecule has 19 heavy (non-hydrogen) atoms. The van der Waals surface area contributed by atoms with Crippen LogP contribution in [0.1, 0.15) is 10.7 Å². The van der Waals surface area contributed by atoms with E-state index in [0.717, 1.165) is 5.69 Å². The van der Waals surface area contributed by atoms with Gasteiger partial charge in [0.05, 0.1) is 11.6 Å². The Bertz CT molecular complexity index is 698. The average Bonchev–Trinajstić information content (AvgIpc) is 2.72. The van der Waals surface area contributed by atoms with Crippen molar-refractivity contribution in [2.45, 2.75) is 18.4 Å². The molecule has 2 rings (SSSR count). The molecular formula is C11H12ClN3O2S2. The zero-order chi connectivity index (χ0) is 14.0. The normalized spacial score (nSPS) is 11.7. The topological polar surface area (TPSA) is 85.1 Å². The van der Waals surface area contributed by atoms with Crippen LogP contribution in [0, 0.1) is 6.92 Å². The van der Waals surface area contributed by atoms with E-state index in [1.807, 2.05) is 12.3 Å². The van der Waals surface area contributed by atoms with Gasteiger partial charge in [0.25, 0.3) is 0 Å². The zero-order valence-electron chi connectivity index (χ0n) is 10.1. The molecule has 0 spiro atoms. The summed E-state index contributed by atoms with van der Waals surface area (Å²) in [5.74, 6) is 0. The van der Waals surface area contributed by atoms with Crippen molar-refractivity contribution < 1.29 is 8.42 Å². The molecule has 0 radical (unpaired) electrons. The second kappa shape index (κ2) is 5.46. The van der Waals surface area contributed by atoms with Crippen LogP contribution in [0.2, 0.25) is 5.02 Å². The maximum absolute atomic E-state index is 12.1. The van der Waals surface area contributed by atoms with Gasteiger partial charge < -0.3 is 5.73 Å². The second-order valence-electron chi connectivity index (χ2n) is 3.90. The number of halogens is 1. The highest BCUT2D eigenvalue weighted by Crippen LogP contribution is 2.23. The molecule has 102 valence electrons. The predicted octanol–water partition coefficient (Wildman–Crippen LogP) is 2.17. The Morgan fingerprint density at radius 1 is 1.47 bits per heavy atom. The predicted molar refractivity (Wildman–Crippen MR) is 76.7 cm³/mol. The van der Waals surface area contributed by atoms with E-state index in [2.05, 4.69) is 9.71 Å². The van der Waals surface area contributed by atoms with Gasteiger partial charge in [-0.1, -0.05) is 11.6 Å². The lowest BCUT2D eigenvalue weighted by molar-refractivity contribution is 0.581. The van der Waals surface area contributed by atoms with E-state index in [4.69, 9.17) is 17.3 Å². The Morgan fingerprint density at radius 3 is 2.79 bits per heavy atom. The number of aryl methyl sites for hydroxylation is 1. The minimum absolute atomic E-state index is 0.0108. The quantitative estimate of drug-likeness (QED) is 0.846. The fourth-order valence-electron chi connectivity index (χ4n) is 1.45. The van der Waals surface area contributed by atoms with Crippen LogP contribution in [0.4, 0.5) is 5.69 Å². The number of hydrogen-bond acceptors (Lipinski definition) is 5. The Hall–Kier alpha value is -1.15. The summed E-state index contributed by atoms with van der Waals surface area (Å²) < 4.78 is 26.6. The lowest BCUT2D eigenvalue weighted by Crippen LogP contribution is -2.23. The minimum Gasteiger partial charge on any atom is -0.399 e. The minimum atomic E-state index is -3.67. The Balaban J connectivity index is 2.18. The first kappa shape index (κ1) is 14.3. The van der Waals surface area contributed by atoms with Gasteiger partial charge in [-0.25, -0.2) is 18.1 Å². The molecule has 0 saturated carbocycles. The third-order valence-corrected chi connectivity index (χ3v) is 5.18. The van der Waals surface area contributed by atoms with Gasteiger partial charge in [0.15, 0.2) is 0 Å². The molecule has 1 aromatic heterocycles. The van der Waals surface area contributed by atoms with Gasteiger partial charge in [0.2, 0.25) is 10.0 Å². The molecule has 1 heterocycles. The molecule has 0 bridgehead atoms. The standard InChI is InChI=1S/C11H12ClN3O2S2/c1-7-6-18-11(15-7)5-14-19(16,17)10-3-2-8(13)4-9(10)12/h2-4,6,14H,5,13H2,1H3. The van der Waals surface area contributed by atoms with Crippen molar-refractivity contribution in [3.8, 4) is 0 Å². The van der Waals surface area contributed by atoms with Crippen molar-refractivity contribution >= 4 is 38.6 Å². The first-order valence-corrected chi connectivity index (χ1v) is 8.08. The van der Waals surface area contributed by atoms with Crippen LogP contribution in [0.15, 0.2) is 28.5 Å². The third kappa shape index (κ3) is 3.44. The number of aromatic nitrogens is 1. The molecule has 0 aliphatic carbocycles. The third-order valence-electron chi connectivity index (χ3n) is 2.33. The van der Waals surface area contributed by atoms with Crippen molar-refractivity contribution in [1.29, 1.82) is 0 Å². The summed E-state index contributed by atoms with van der Waals surface area (Å²) in [6.45, 7) is 1.99. The number of nitrogen functional groups attached to an aromatic ring is 1. The molecule has 0 aliphatic heterocycles. The van der Waals surface area contributed by atoms with Crippen LogP contribution >= 0.6 is 22.9 Å². The first-order valence-electron chi connectivity index (χ1n) is 5.34. The second-order valence-corrected chi connectivity index (χ2v) is 6.98. The summed E-state index contributed by atoms with van der Waals surface area (Å²) in [7, 11) is -3.67. The summed E-state index contributed by atoms with van der Waals surface area (Å²) >= 11 is 7.29. The molecule has 0 amide bonds. The van der Waals surface area contributed by atoms with Crippen molar-refractivity contribution in [3.05, 3.63) is 39.3 Å². The molecule has 8 heteroatoms. The molecule has 0 atom stereocenters. The SMILES string of the molecule is Cc1csc(CNS(=O)(=O)c2ccc(N)cc2Cl)n1. The summed E-state index contributed by atoms with van der Waals surface area (Å²) in [4.78, 5) is 4.19. The number of nitrogens with one attached hydrogen (secondary N) is 1. The molecule has 2 aromatic rings. The maximum atomic E-state index is 12.1. The van der Waals surface area contributed by atoms with E-state index in [1.165, 1.54) is 29.5 Å². The molecule has 0 fully saturated rings. The van der Waals surface area contributed by atoms with Crippen molar-refractivity contribution in [3.63, 3.8) is 0 Å². The number of thiazole rings is 1. The van der Waals surface area contributed by atoms with Crippen molar-refractivity contribution in [1.82, 2.24) is 9.71 Å². The zero-order valence-corrected chi connectivity index (χ0v) is 12.4. The lowest BCUT2D eigenvalue weighted by Gasteiger charge is -2.07. The van der Waals surface area contributed by atoms with Crippen LogP contribution in [0.3, 0.4) is 0 Å². The molecule has 5 nitrogen and oxygen atoms in total. The van der Waals surface area contributed by atoms with Crippen LogP contribution in [0.5, 0.6) is 0 Å². The van der Waals surface area contributed by atoms with Gasteiger partial charge in [-0.05, 0) is 25.1 Å². The largest absolute Gasteiger partial charge is 0.399 e. The maximum Gasteiger partial charge on any atom is 0.242 e. The Labute approximate surface area is 120 Å². The summed E-state index contributed by atoms with van der Waals surface area (Å²) in [5, 5.41) is 2.66. The summed E-state index contributed by atoms with van der Waals surface area (Å²) in [5.41, 5.74) is 6.81. The lowest BCUT2D eigenvalue weighted by atomic mass is 10.3. The number of nitrogens with two attached hydrogens (primary N) is 1. The van der Waals surface area contributed by atoms with Gasteiger partial charge >= 0.3 is 0 Å². The van der Waals surface area contributed by atoms with Crippen LogP contribution < -0.4 is 10.5 Å². The molecule has 1 aromatic carbocycles. The number of benzene rings is 1. The number of nitrogens with zero attached hydrogens (tertiary/aromatic N) is 1. The van der Waals surface area contributed by atoms with Crippen molar-refractivity contribution in [2.24, 2.45) is 0 Å². The highest BCUT2D eigenvalue weighted by molar-refractivity contribution is 7.89. The average molecular weight is 318 g/mol. The number of hydrogen-bond donors (Lipinski definition) is 2. The summed E-state index contributed by atoms with van der Waals surface area (Å²) in [6.07, 6.45) is 0. The summed E-state index contributed by atoms with van der Waals surface area (Å²) in [6, 6.07) is 4.28. The first-order chi connectivity index (χ1) is 8.88. The fraction of sp³-hybridized carbons (Fsp3) is 0.182. The van der Waals surface area contributed by atoms with E-state index in [1.54, 1.807) is 0 Å². The van der Waals surface area contributed by atoms with Crippen molar-refractivity contribution in [2.75, 3.05) is 5.73 Å². The van der Waals surface area contributed by atoms with E-state index >= 15 is 0 Å². The molecule has 0 unspecified atom stereocenters. The Morgan fingerprint density at radius 2 is 2.21 bits per heavy atom. The highest BCUT2D eigenvalue weighted by Gasteiger charge is 2.18. The Kier molecular flexibility index (Phi) is 4.10. The number of rotatable bonds is 4. The number of sulfonamides is 1. The number of anilines is 1. The van der Waals surface area contributed by atoms with Gasteiger partial charge in [0, 0.05) is 16.8 Å². The van der Waals surface area contributed by atoms with E-state index < -0.39 is 10.0 Å². The van der Waals surface area contributed by atoms with Gasteiger partial charge in [-0.2, -0.15) is 0 Å². The molecule has 0 aliphatic rings. The van der Waals surface area contributed by atoms with Gasteiger partial charge in [0.1, 0.15) is 9.90 Å². The van der Waals surface area contributed by atoms with E-state index in [0.29, 0.717) is 10.7 Å². The smallest absolute Gasteiger partial charge is 0.242 e. The van der Waals surface area contributed by atoms with E-state index in [-0.39, 0.29) is 16.5 Å². The van der Waals surface area contributed by atoms with Gasteiger partial charge in [-0.15, -0.1) is 11.3 Å². The van der Waals surface area contributed by atoms with E-state index in [9.17, 15) is 8.42 Å². The monoisotopic (exact) mass is 317 g/mol.